The van der Waals surface area contributed by atoms with Crippen molar-refractivity contribution >= 4 is 17.8 Å². The van der Waals surface area contributed by atoms with Crippen LogP contribution in [0.3, 0.4) is 0 Å². The molecule has 2 atom stereocenters. The molecule has 2 aliphatic heterocycles. The summed E-state index contributed by atoms with van der Waals surface area (Å²) in [6, 6.07) is 14.3. The number of amides is 4. The molecule has 0 aliphatic carbocycles. The molecule has 2 aromatic rings. The molecule has 0 saturated carbocycles. The molecular formula is C32H44N4O5. The van der Waals surface area contributed by atoms with Crippen LogP contribution in [0.4, 0.5) is 4.79 Å². The van der Waals surface area contributed by atoms with Gasteiger partial charge in [0.1, 0.15) is 11.2 Å². The predicted octanol–water partition coefficient (Wildman–Crippen LogP) is 4.35. The van der Waals surface area contributed by atoms with E-state index in [1.54, 1.807) is 24.3 Å². The van der Waals surface area contributed by atoms with E-state index < -0.39 is 17.7 Å². The van der Waals surface area contributed by atoms with Gasteiger partial charge in [0, 0.05) is 38.3 Å². The fourth-order valence-corrected chi connectivity index (χ4v) is 5.83. The zero-order valence-corrected chi connectivity index (χ0v) is 24.8. The maximum absolute atomic E-state index is 13.5. The van der Waals surface area contributed by atoms with E-state index in [2.05, 4.69) is 17.1 Å². The Hall–Kier alpha value is -3.43. The third kappa shape index (κ3) is 6.41. The number of hydrogen-bond acceptors (Lipinski definition) is 6. The second kappa shape index (κ2) is 13.5. The van der Waals surface area contributed by atoms with Gasteiger partial charge in [-0.3, -0.25) is 14.5 Å². The van der Waals surface area contributed by atoms with Gasteiger partial charge in [-0.05, 0) is 56.0 Å². The van der Waals surface area contributed by atoms with Crippen molar-refractivity contribution in [2.75, 3.05) is 39.3 Å². The van der Waals surface area contributed by atoms with Gasteiger partial charge in [-0.25, -0.2) is 9.69 Å². The summed E-state index contributed by atoms with van der Waals surface area (Å²) in [5.74, 6) is 0.227. The molecule has 0 unspecified atom stereocenters. The molecule has 0 radical (unpaired) electrons. The van der Waals surface area contributed by atoms with Gasteiger partial charge in [-0.2, -0.15) is 0 Å². The second-order valence-electron chi connectivity index (χ2n) is 11.1. The first-order valence-electron chi connectivity index (χ1n) is 14.9. The van der Waals surface area contributed by atoms with Gasteiger partial charge in [0.15, 0.2) is 6.23 Å². The van der Waals surface area contributed by atoms with E-state index in [9.17, 15) is 14.4 Å². The van der Waals surface area contributed by atoms with Crippen molar-refractivity contribution in [1.29, 1.82) is 0 Å². The molecule has 41 heavy (non-hydrogen) atoms. The Bertz CT molecular complexity index is 1190. The number of rotatable bonds is 11. The number of hydrogen-bond donors (Lipinski definition) is 2. The number of likely N-dealkylation sites (tertiary alicyclic amines) is 1. The molecule has 0 spiro atoms. The summed E-state index contributed by atoms with van der Waals surface area (Å²) in [6.07, 6.45) is 1.98. The lowest BCUT2D eigenvalue weighted by Gasteiger charge is -2.53. The average molecular weight is 565 g/mol. The molecule has 9 heteroatoms. The van der Waals surface area contributed by atoms with E-state index in [-0.39, 0.29) is 24.5 Å². The van der Waals surface area contributed by atoms with Crippen LogP contribution < -0.4 is 10.1 Å². The highest BCUT2D eigenvalue weighted by molar-refractivity contribution is 6.03. The van der Waals surface area contributed by atoms with Crippen LogP contribution in [0.1, 0.15) is 74.0 Å². The summed E-state index contributed by atoms with van der Waals surface area (Å²) in [5.41, 5.74) is 1.92. The van der Waals surface area contributed by atoms with Crippen molar-refractivity contribution in [2.24, 2.45) is 5.41 Å². The molecule has 2 aliphatic rings. The first-order valence-corrected chi connectivity index (χ1v) is 14.9. The molecule has 9 nitrogen and oxygen atoms in total. The lowest BCUT2D eigenvalue weighted by atomic mass is 9.72. The molecule has 2 saturated heterocycles. The minimum atomic E-state index is -0.788. The molecule has 4 rings (SSSR count). The van der Waals surface area contributed by atoms with Gasteiger partial charge in [0.05, 0.1) is 12.6 Å². The summed E-state index contributed by atoms with van der Waals surface area (Å²) < 4.78 is 6.33. The second-order valence-corrected chi connectivity index (χ2v) is 11.1. The average Bonchev–Trinajstić information content (AvgIpc) is 2.98. The Kier molecular flexibility index (Phi) is 10.0. The first-order chi connectivity index (χ1) is 19.8. The van der Waals surface area contributed by atoms with Crippen molar-refractivity contribution < 1.29 is 24.2 Å². The van der Waals surface area contributed by atoms with Gasteiger partial charge >= 0.3 is 6.03 Å². The third-order valence-electron chi connectivity index (χ3n) is 8.61. The van der Waals surface area contributed by atoms with E-state index >= 15 is 0 Å². The van der Waals surface area contributed by atoms with E-state index in [4.69, 9.17) is 9.84 Å². The Morgan fingerprint density at radius 1 is 1.00 bits per heavy atom. The first kappa shape index (κ1) is 30.5. The van der Waals surface area contributed by atoms with Crippen molar-refractivity contribution in [1.82, 2.24) is 20.0 Å². The Labute approximate surface area is 243 Å². The number of piperazine rings is 1. The summed E-state index contributed by atoms with van der Waals surface area (Å²) in [5, 5.41) is 12.2. The highest BCUT2D eigenvalue weighted by Gasteiger charge is 2.63. The zero-order chi connectivity index (χ0) is 29.6. The molecule has 222 valence electrons. The summed E-state index contributed by atoms with van der Waals surface area (Å²) in [6.45, 7) is 11.4. The predicted molar refractivity (Wildman–Crippen MR) is 158 cm³/mol. The van der Waals surface area contributed by atoms with Crippen LogP contribution in [-0.4, -0.2) is 83.2 Å². The number of β-lactam (4-membered cyclic amide) rings is 1. The van der Waals surface area contributed by atoms with Gasteiger partial charge in [0.2, 0.25) is 5.91 Å². The third-order valence-corrected chi connectivity index (χ3v) is 8.61. The van der Waals surface area contributed by atoms with Crippen molar-refractivity contribution in [3.05, 3.63) is 65.2 Å². The lowest BCUT2D eigenvalue weighted by molar-refractivity contribution is -0.191. The number of aryl methyl sites for hydroxylation is 1. The van der Waals surface area contributed by atoms with E-state index in [0.29, 0.717) is 43.8 Å². The normalized spacial score (nSPS) is 19.4. The fourth-order valence-electron chi connectivity index (χ4n) is 5.83. The maximum atomic E-state index is 13.5. The van der Waals surface area contributed by atoms with Crippen LogP contribution in [-0.2, 0) is 4.79 Å². The van der Waals surface area contributed by atoms with E-state index in [0.717, 1.165) is 37.1 Å². The fraction of sp³-hybridized carbons (Fsp3) is 0.531. The molecule has 2 aromatic carbocycles. The number of benzene rings is 2. The van der Waals surface area contributed by atoms with Crippen molar-refractivity contribution in [3.63, 3.8) is 0 Å². The molecule has 4 amide bonds. The lowest BCUT2D eigenvalue weighted by Crippen LogP contribution is -2.73. The summed E-state index contributed by atoms with van der Waals surface area (Å²) in [7, 11) is 0. The van der Waals surface area contributed by atoms with Crippen LogP contribution in [0.25, 0.3) is 0 Å². The molecule has 2 fully saturated rings. The molecule has 0 bridgehead atoms. The number of β-amino-alcohol motifs (C(OH)–C–C–N with tert-alkyl or cyclic N) is 1. The van der Waals surface area contributed by atoms with Gasteiger partial charge in [0.25, 0.3) is 5.91 Å². The van der Waals surface area contributed by atoms with Crippen molar-refractivity contribution in [3.8, 4) is 5.75 Å². The number of ether oxygens (including phenoxy) is 1. The summed E-state index contributed by atoms with van der Waals surface area (Å²) in [4.78, 5) is 45.1. The van der Waals surface area contributed by atoms with E-state index in [1.807, 2.05) is 49.9 Å². The molecule has 2 N–H and O–H groups in total. The quantitative estimate of drug-likeness (QED) is 0.394. The Morgan fingerprint density at radius 3 is 2.20 bits per heavy atom. The van der Waals surface area contributed by atoms with Crippen LogP contribution in [0.2, 0.25) is 0 Å². The number of carbonyl (C=O) groups is 3. The van der Waals surface area contributed by atoms with Crippen molar-refractivity contribution in [2.45, 2.75) is 65.6 Å². The van der Waals surface area contributed by atoms with E-state index in [1.165, 1.54) is 4.90 Å². The van der Waals surface area contributed by atoms with Crippen LogP contribution in [0, 0.1) is 12.3 Å². The van der Waals surface area contributed by atoms with Gasteiger partial charge < -0.3 is 20.1 Å². The largest absolute Gasteiger partial charge is 0.469 e. The number of carbonyl (C=O) groups excluding carboxylic acids is 3. The minimum Gasteiger partial charge on any atom is -0.469 e. The SMILES string of the molecule is CCC[C@@H](NC(=O)N1C(=O)C(CC)(CC)[C@@H]1Oc1ccc(C(=O)N2CCN(CCO)CC2)cc1)c1ccc(C)cc1. The number of urea groups is 1. The molecular weight excluding hydrogens is 520 g/mol. The highest BCUT2D eigenvalue weighted by Crippen LogP contribution is 2.46. The standard InChI is InChI=1S/C32H44N4O5/c1-5-8-27(24-11-9-23(4)10-12-24)33-31(40)36-29(39)32(6-2,7-3)30(36)41-26-15-13-25(14-16-26)28(38)35-19-17-34(18-20-35)21-22-37/h9-16,27,30,37H,5-8,17-22H2,1-4H3,(H,33,40)/t27-,30+/m1/s1. The smallest absolute Gasteiger partial charge is 0.327 e. The Morgan fingerprint density at radius 2 is 1.63 bits per heavy atom. The van der Waals surface area contributed by atoms with Gasteiger partial charge in [-0.1, -0.05) is 57.0 Å². The Balaban J connectivity index is 1.46. The molecule has 0 aromatic heterocycles. The minimum absolute atomic E-state index is 0.0467. The zero-order valence-electron chi connectivity index (χ0n) is 24.8. The maximum Gasteiger partial charge on any atom is 0.327 e. The van der Waals surface area contributed by atoms with Crippen LogP contribution in [0.5, 0.6) is 5.75 Å². The monoisotopic (exact) mass is 564 g/mol. The number of imide groups is 1. The van der Waals surface area contributed by atoms with Crippen LogP contribution in [0.15, 0.2) is 48.5 Å². The highest BCUT2D eigenvalue weighted by atomic mass is 16.5. The number of aliphatic hydroxyl groups excluding tert-OH is 1. The summed E-state index contributed by atoms with van der Waals surface area (Å²) >= 11 is 0. The number of nitrogens with one attached hydrogen (secondary N) is 1. The van der Waals surface area contributed by atoms with Crippen LogP contribution >= 0.6 is 0 Å². The van der Waals surface area contributed by atoms with Gasteiger partial charge in [-0.15, -0.1) is 0 Å². The topological polar surface area (TPSA) is 102 Å². The number of aliphatic hydroxyl groups is 1. The molecule has 2 heterocycles. The number of nitrogens with zero attached hydrogens (tertiary/aromatic N) is 3.